The number of esters is 1. The van der Waals surface area contributed by atoms with Crippen molar-refractivity contribution in [2.24, 2.45) is 0 Å². The van der Waals surface area contributed by atoms with Crippen LogP contribution in [0.1, 0.15) is 42.4 Å². The van der Waals surface area contributed by atoms with Crippen LogP contribution in [-0.4, -0.2) is 33.4 Å². The van der Waals surface area contributed by atoms with Gasteiger partial charge in [-0.25, -0.2) is 0 Å². The number of rotatable bonds is 7. The summed E-state index contributed by atoms with van der Waals surface area (Å²) in [5, 5.41) is 0. The summed E-state index contributed by atoms with van der Waals surface area (Å²) in [5.74, 6) is -0.00499. The van der Waals surface area contributed by atoms with Crippen LogP contribution in [0.5, 0.6) is 11.5 Å². The van der Waals surface area contributed by atoms with Crippen LogP contribution in [0.3, 0.4) is 0 Å². The number of hydrogen-bond acceptors (Lipinski definition) is 6. The number of carbonyl (C=O) groups is 1. The van der Waals surface area contributed by atoms with Gasteiger partial charge in [0.15, 0.2) is 17.8 Å². The Balaban J connectivity index is 1.86. The quantitative estimate of drug-likeness (QED) is 0.561. The zero-order chi connectivity index (χ0) is 23.5. The van der Waals surface area contributed by atoms with Crippen molar-refractivity contribution >= 4 is 5.97 Å². The minimum Gasteiger partial charge on any atom is -0.493 e. The van der Waals surface area contributed by atoms with Crippen LogP contribution in [-0.2, 0) is 37.2 Å². The van der Waals surface area contributed by atoms with Crippen molar-refractivity contribution in [2.45, 2.75) is 38.3 Å². The van der Waals surface area contributed by atoms with Crippen molar-refractivity contribution in [3.63, 3.8) is 0 Å². The Morgan fingerprint density at radius 3 is 2.31 bits per heavy atom. The van der Waals surface area contributed by atoms with Gasteiger partial charge < -0.3 is 23.7 Å². The molecule has 1 aliphatic heterocycles. The molecule has 0 bridgehead atoms. The van der Waals surface area contributed by atoms with Crippen LogP contribution in [0.15, 0.2) is 36.4 Å². The van der Waals surface area contributed by atoms with Gasteiger partial charge in [-0.15, -0.1) is 0 Å². The third-order valence-corrected chi connectivity index (χ3v) is 5.30. The number of carbonyl (C=O) groups excluding carboxylic acids is 1. The molecule has 6 nitrogen and oxygen atoms in total. The van der Waals surface area contributed by atoms with Gasteiger partial charge in [0.1, 0.15) is 6.61 Å². The standard InChI is InChI=1S/C23H25F3O6/c1-22(2,21(27)29-4)16-7-5-15(17(12-16)23(24,25)26)13-32-18-8-6-14(11-19(18)28-3)20-30-9-10-31-20/h5-8,11-12,20H,9-10,13H2,1-4H3. The van der Waals surface area contributed by atoms with Crippen molar-refractivity contribution in [3.05, 3.63) is 58.7 Å². The smallest absolute Gasteiger partial charge is 0.416 e. The summed E-state index contributed by atoms with van der Waals surface area (Å²) in [6.07, 6.45) is -5.15. The third-order valence-electron chi connectivity index (χ3n) is 5.30. The van der Waals surface area contributed by atoms with Crippen LogP contribution < -0.4 is 9.47 Å². The van der Waals surface area contributed by atoms with Gasteiger partial charge in [-0.3, -0.25) is 4.79 Å². The molecule has 174 valence electrons. The molecular weight excluding hydrogens is 429 g/mol. The first-order valence-electron chi connectivity index (χ1n) is 9.91. The van der Waals surface area contributed by atoms with Crippen molar-refractivity contribution in [1.82, 2.24) is 0 Å². The second kappa shape index (κ2) is 9.38. The first kappa shape index (κ1) is 23.9. The summed E-state index contributed by atoms with van der Waals surface area (Å²) < 4.78 is 67.9. The lowest BCUT2D eigenvalue weighted by Crippen LogP contribution is -2.30. The van der Waals surface area contributed by atoms with Gasteiger partial charge in [-0.05, 0) is 37.6 Å². The van der Waals surface area contributed by atoms with E-state index in [1.165, 1.54) is 40.2 Å². The van der Waals surface area contributed by atoms with E-state index in [4.69, 9.17) is 23.7 Å². The van der Waals surface area contributed by atoms with Crippen molar-refractivity contribution in [1.29, 1.82) is 0 Å². The molecule has 1 aliphatic rings. The summed E-state index contributed by atoms with van der Waals surface area (Å²) in [6.45, 7) is 3.63. The fraction of sp³-hybridized carbons (Fsp3) is 0.435. The van der Waals surface area contributed by atoms with E-state index in [0.717, 1.165) is 11.6 Å². The molecule has 0 N–H and O–H groups in total. The molecule has 2 aromatic rings. The van der Waals surface area contributed by atoms with Gasteiger partial charge in [-0.2, -0.15) is 13.2 Å². The summed E-state index contributed by atoms with van der Waals surface area (Å²) >= 11 is 0. The summed E-state index contributed by atoms with van der Waals surface area (Å²) in [4.78, 5) is 12.0. The summed E-state index contributed by atoms with van der Waals surface area (Å²) in [7, 11) is 2.63. The van der Waals surface area contributed by atoms with E-state index < -0.39 is 29.4 Å². The highest BCUT2D eigenvalue weighted by Crippen LogP contribution is 2.38. The molecule has 0 unspecified atom stereocenters. The number of benzene rings is 2. The second-order valence-corrected chi connectivity index (χ2v) is 7.76. The van der Waals surface area contributed by atoms with Gasteiger partial charge in [0, 0.05) is 11.1 Å². The molecule has 2 aromatic carbocycles. The predicted molar refractivity (Wildman–Crippen MR) is 108 cm³/mol. The first-order chi connectivity index (χ1) is 15.1. The van der Waals surface area contributed by atoms with Crippen LogP contribution >= 0.6 is 0 Å². The molecule has 3 rings (SSSR count). The lowest BCUT2D eigenvalue weighted by Gasteiger charge is -2.24. The normalized spacial score (nSPS) is 15.0. The fourth-order valence-electron chi connectivity index (χ4n) is 3.38. The van der Waals surface area contributed by atoms with E-state index in [-0.39, 0.29) is 23.5 Å². The lowest BCUT2D eigenvalue weighted by atomic mass is 9.83. The number of halogens is 3. The predicted octanol–water partition coefficient (Wildman–Crippen LogP) is 4.79. The maximum Gasteiger partial charge on any atom is 0.416 e. The molecule has 1 saturated heterocycles. The molecule has 0 atom stereocenters. The monoisotopic (exact) mass is 454 g/mol. The molecule has 0 radical (unpaired) electrons. The van der Waals surface area contributed by atoms with Gasteiger partial charge in [-0.1, -0.05) is 18.2 Å². The van der Waals surface area contributed by atoms with Crippen molar-refractivity contribution in [3.8, 4) is 11.5 Å². The third kappa shape index (κ3) is 4.99. The maximum absolute atomic E-state index is 13.8. The van der Waals surface area contributed by atoms with Gasteiger partial charge in [0.05, 0.1) is 38.4 Å². The van der Waals surface area contributed by atoms with E-state index in [1.54, 1.807) is 18.2 Å². The van der Waals surface area contributed by atoms with E-state index in [0.29, 0.717) is 19.0 Å². The zero-order valence-corrected chi connectivity index (χ0v) is 18.2. The Morgan fingerprint density at radius 2 is 1.72 bits per heavy atom. The molecule has 0 aromatic heterocycles. The molecule has 0 amide bonds. The number of alkyl halides is 3. The Bertz CT molecular complexity index is 965. The van der Waals surface area contributed by atoms with Gasteiger partial charge >= 0.3 is 12.1 Å². The lowest BCUT2D eigenvalue weighted by molar-refractivity contribution is -0.146. The number of ether oxygens (including phenoxy) is 5. The summed E-state index contributed by atoms with van der Waals surface area (Å²) in [5.41, 5.74) is -1.28. The van der Waals surface area contributed by atoms with Gasteiger partial charge in [0.25, 0.3) is 0 Å². The van der Waals surface area contributed by atoms with E-state index in [2.05, 4.69) is 0 Å². The van der Waals surface area contributed by atoms with E-state index >= 15 is 0 Å². The largest absolute Gasteiger partial charge is 0.493 e. The number of methoxy groups -OCH3 is 2. The van der Waals surface area contributed by atoms with Crippen molar-refractivity contribution < 1.29 is 41.7 Å². The van der Waals surface area contributed by atoms with Crippen LogP contribution in [0.4, 0.5) is 13.2 Å². The summed E-state index contributed by atoms with van der Waals surface area (Å²) in [6, 6.07) is 8.72. The molecule has 32 heavy (non-hydrogen) atoms. The fourth-order valence-corrected chi connectivity index (χ4v) is 3.38. The highest BCUT2D eigenvalue weighted by molar-refractivity contribution is 5.82. The Hall–Kier alpha value is -2.78. The van der Waals surface area contributed by atoms with E-state index in [9.17, 15) is 18.0 Å². The average Bonchev–Trinajstić information content (AvgIpc) is 3.31. The topological polar surface area (TPSA) is 63.2 Å². The van der Waals surface area contributed by atoms with Crippen molar-refractivity contribution in [2.75, 3.05) is 27.4 Å². The maximum atomic E-state index is 13.8. The number of hydrogen-bond donors (Lipinski definition) is 0. The second-order valence-electron chi connectivity index (χ2n) is 7.76. The minimum absolute atomic E-state index is 0.0736. The molecule has 9 heteroatoms. The first-order valence-corrected chi connectivity index (χ1v) is 9.91. The molecule has 0 saturated carbocycles. The molecular formula is C23H25F3O6. The highest BCUT2D eigenvalue weighted by Gasteiger charge is 2.37. The SMILES string of the molecule is COC(=O)C(C)(C)c1ccc(COc2ccc(C3OCCO3)cc2OC)c(C(F)(F)F)c1. The van der Waals surface area contributed by atoms with Crippen LogP contribution in [0.25, 0.3) is 0 Å². The molecule has 0 aliphatic carbocycles. The Morgan fingerprint density at radius 1 is 1.03 bits per heavy atom. The Labute approximate surface area is 184 Å². The zero-order valence-electron chi connectivity index (χ0n) is 18.2. The van der Waals surface area contributed by atoms with Crippen LogP contribution in [0.2, 0.25) is 0 Å². The molecule has 1 fully saturated rings. The molecule has 1 heterocycles. The Kier molecular flexibility index (Phi) is 7.00. The van der Waals surface area contributed by atoms with Gasteiger partial charge in [0.2, 0.25) is 0 Å². The molecule has 0 spiro atoms. The van der Waals surface area contributed by atoms with E-state index in [1.807, 2.05) is 0 Å². The van der Waals surface area contributed by atoms with Crippen LogP contribution in [0, 0.1) is 0 Å². The highest BCUT2D eigenvalue weighted by atomic mass is 19.4. The minimum atomic E-state index is -4.63. The average molecular weight is 454 g/mol.